The number of ether oxygens (including phenoxy) is 2. The summed E-state index contributed by atoms with van der Waals surface area (Å²) in [6.45, 7) is 0.972. The third-order valence-corrected chi connectivity index (χ3v) is 4.96. The Morgan fingerprint density at radius 2 is 1.93 bits per heavy atom. The van der Waals surface area contributed by atoms with E-state index in [0.717, 1.165) is 12.2 Å². The minimum atomic E-state index is -0.210. The van der Waals surface area contributed by atoms with Crippen molar-refractivity contribution in [3.05, 3.63) is 64.7 Å². The first kappa shape index (κ1) is 18.8. The predicted octanol–water partition coefficient (Wildman–Crippen LogP) is 4.64. The van der Waals surface area contributed by atoms with Crippen molar-refractivity contribution in [3.8, 4) is 11.5 Å². The monoisotopic (exact) mass is 386 g/mol. The lowest BCUT2D eigenvalue weighted by atomic mass is 10.2. The molecule has 0 spiro atoms. The molecule has 0 aliphatic carbocycles. The molecule has 0 unspecified atom stereocenters. The van der Waals surface area contributed by atoms with Gasteiger partial charge >= 0.3 is 6.03 Å². The summed E-state index contributed by atoms with van der Waals surface area (Å²) in [5.41, 5.74) is 0.608. The molecule has 2 amide bonds. The maximum atomic E-state index is 12.9. The van der Waals surface area contributed by atoms with Gasteiger partial charge in [0, 0.05) is 35.3 Å². The molecule has 1 N–H and O–H groups in total. The minimum absolute atomic E-state index is 0.210. The number of carbonyl (C=O) groups is 1. The summed E-state index contributed by atoms with van der Waals surface area (Å²) in [4.78, 5) is 15.9. The number of nitrogens with zero attached hydrogens (tertiary/aromatic N) is 1. The first-order chi connectivity index (χ1) is 13.2. The van der Waals surface area contributed by atoms with Gasteiger partial charge < -0.3 is 24.1 Å². The maximum absolute atomic E-state index is 12.9. The number of hydrogen-bond donors (Lipinski definition) is 1. The molecule has 142 valence electrons. The summed E-state index contributed by atoms with van der Waals surface area (Å²) in [5.74, 6) is 1.96. The molecule has 0 aliphatic rings. The Labute approximate surface area is 162 Å². The van der Waals surface area contributed by atoms with Crippen molar-refractivity contribution >= 4 is 23.1 Å². The molecule has 0 aliphatic heterocycles. The molecule has 0 radical (unpaired) electrons. The fourth-order valence-corrected chi connectivity index (χ4v) is 3.32. The predicted molar refractivity (Wildman–Crippen MR) is 106 cm³/mol. The van der Waals surface area contributed by atoms with Crippen molar-refractivity contribution < 1.29 is 18.7 Å². The average Bonchev–Trinajstić information content (AvgIpc) is 3.38. The summed E-state index contributed by atoms with van der Waals surface area (Å²) < 4.78 is 15.9. The number of rotatable bonds is 8. The molecule has 2 aromatic heterocycles. The second-order valence-electron chi connectivity index (χ2n) is 5.86. The zero-order valence-corrected chi connectivity index (χ0v) is 16.1. The first-order valence-corrected chi connectivity index (χ1v) is 9.39. The Bertz CT molecular complexity index is 825. The zero-order valence-electron chi connectivity index (χ0n) is 15.3. The standard InChI is InChI=1S/C20H22N2O4S/c1-24-17-11-15(12-18(13-17)25-2)21-20(23)22(14-16-5-3-9-26-16)8-7-19-6-4-10-27-19/h3-6,9-13H,7-8,14H2,1-2H3,(H,21,23). The van der Waals surface area contributed by atoms with E-state index in [4.69, 9.17) is 13.9 Å². The normalized spacial score (nSPS) is 10.4. The minimum Gasteiger partial charge on any atom is -0.497 e. The number of amides is 2. The molecule has 3 rings (SSSR count). The Hall–Kier alpha value is -2.93. The van der Waals surface area contributed by atoms with Gasteiger partial charge in [0.2, 0.25) is 0 Å². The van der Waals surface area contributed by atoms with E-state index in [1.54, 1.807) is 54.9 Å². The molecule has 0 fully saturated rings. The van der Waals surface area contributed by atoms with E-state index in [-0.39, 0.29) is 6.03 Å². The number of anilines is 1. The van der Waals surface area contributed by atoms with Crippen LogP contribution in [-0.2, 0) is 13.0 Å². The fraction of sp³-hybridized carbons (Fsp3) is 0.250. The van der Waals surface area contributed by atoms with Crippen LogP contribution in [0.4, 0.5) is 10.5 Å². The van der Waals surface area contributed by atoms with Crippen LogP contribution in [-0.4, -0.2) is 31.7 Å². The van der Waals surface area contributed by atoms with Crippen LogP contribution in [0.1, 0.15) is 10.6 Å². The van der Waals surface area contributed by atoms with E-state index in [0.29, 0.717) is 30.3 Å². The van der Waals surface area contributed by atoms with Crippen molar-refractivity contribution in [2.75, 3.05) is 26.1 Å². The molecule has 0 saturated carbocycles. The molecule has 6 nitrogen and oxygen atoms in total. The molecule has 0 bridgehead atoms. The smallest absolute Gasteiger partial charge is 0.322 e. The van der Waals surface area contributed by atoms with Gasteiger partial charge in [0.1, 0.15) is 17.3 Å². The summed E-state index contributed by atoms with van der Waals surface area (Å²) >= 11 is 1.68. The quantitative estimate of drug-likeness (QED) is 0.613. The van der Waals surface area contributed by atoms with E-state index in [1.807, 2.05) is 23.6 Å². The van der Waals surface area contributed by atoms with E-state index >= 15 is 0 Å². The van der Waals surface area contributed by atoms with Gasteiger partial charge in [-0.25, -0.2) is 4.79 Å². The van der Waals surface area contributed by atoms with Crippen LogP contribution in [0.5, 0.6) is 11.5 Å². The molecule has 1 aromatic carbocycles. The van der Waals surface area contributed by atoms with Crippen LogP contribution in [0.3, 0.4) is 0 Å². The highest BCUT2D eigenvalue weighted by Crippen LogP contribution is 2.26. The zero-order chi connectivity index (χ0) is 19.1. The summed E-state index contributed by atoms with van der Waals surface area (Å²) in [7, 11) is 3.15. The average molecular weight is 386 g/mol. The maximum Gasteiger partial charge on any atom is 0.322 e. The van der Waals surface area contributed by atoms with E-state index in [1.165, 1.54) is 4.88 Å². The second kappa shape index (κ2) is 9.14. The first-order valence-electron chi connectivity index (χ1n) is 8.51. The van der Waals surface area contributed by atoms with Crippen molar-refractivity contribution in [3.63, 3.8) is 0 Å². The molecule has 2 heterocycles. The van der Waals surface area contributed by atoms with Crippen LogP contribution >= 0.6 is 11.3 Å². The SMILES string of the molecule is COc1cc(NC(=O)N(CCc2cccs2)Cc2ccco2)cc(OC)c1. The molecule has 27 heavy (non-hydrogen) atoms. The molecule has 0 atom stereocenters. The van der Waals surface area contributed by atoms with Gasteiger partial charge in [-0.05, 0) is 30.0 Å². The Morgan fingerprint density at radius 1 is 1.15 bits per heavy atom. The Kier molecular flexibility index (Phi) is 6.38. The van der Waals surface area contributed by atoms with E-state index in [9.17, 15) is 4.79 Å². The highest BCUT2D eigenvalue weighted by atomic mass is 32.1. The van der Waals surface area contributed by atoms with Crippen molar-refractivity contribution in [1.82, 2.24) is 4.90 Å². The lowest BCUT2D eigenvalue weighted by molar-refractivity contribution is 0.205. The van der Waals surface area contributed by atoms with Crippen LogP contribution in [0.15, 0.2) is 58.5 Å². The van der Waals surface area contributed by atoms with Crippen molar-refractivity contribution in [2.24, 2.45) is 0 Å². The van der Waals surface area contributed by atoms with Gasteiger partial charge in [-0.3, -0.25) is 0 Å². The number of furan rings is 1. The van der Waals surface area contributed by atoms with Gasteiger partial charge in [0.15, 0.2) is 0 Å². The van der Waals surface area contributed by atoms with Crippen LogP contribution in [0.2, 0.25) is 0 Å². The van der Waals surface area contributed by atoms with Gasteiger partial charge in [0.05, 0.1) is 27.0 Å². The Balaban J connectivity index is 1.73. The highest BCUT2D eigenvalue weighted by Gasteiger charge is 2.17. The molecule has 7 heteroatoms. The largest absolute Gasteiger partial charge is 0.497 e. The van der Waals surface area contributed by atoms with Crippen LogP contribution < -0.4 is 14.8 Å². The summed E-state index contributed by atoms with van der Waals surface area (Å²) in [5, 5.41) is 4.96. The topological polar surface area (TPSA) is 63.9 Å². The van der Waals surface area contributed by atoms with Crippen molar-refractivity contribution in [1.29, 1.82) is 0 Å². The third kappa shape index (κ3) is 5.27. The van der Waals surface area contributed by atoms with Crippen molar-refractivity contribution in [2.45, 2.75) is 13.0 Å². The number of carbonyl (C=O) groups excluding carboxylic acids is 1. The Morgan fingerprint density at radius 3 is 2.52 bits per heavy atom. The number of benzene rings is 1. The number of urea groups is 1. The van der Waals surface area contributed by atoms with E-state index in [2.05, 4.69) is 11.4 Å². The van der Waals surface area contributed by atoms with Gasteiger partial charge in [-0.1, -0.05) is 6.07 Å². The summed E-state index contributed by atoms with van der Waals surface area (Å²) in [6, 6.07) is 12.8. The number of hydrogen-bond acceptors (Lipinski definition) is 5. The number of nitrogens with one attached hydrogen (secondary N) is 1. The lowest BCUT2D eigenvalue weighted by Crippen LogP contribution is -2.35. The number of methoxy groups -OCH3 is 2. The molecular formula is C20H22N2O4S. The van der Waals surface area contributed by atoms with Gasteiger partial charge in [-0.15, -0.1) is 11.3 Å². The lowest BCUT2D eigenvalue weighted by Gasteiger charge is -2.22. The summed E-state index contributed by atoms with van der Waals surface area (Å²) in [6.07, 6.45) is 2.39. The van der Waals surface area contributed by atoms with Gasteiger partial charge in [0.25, 0.3) is 0 Å². The van der Waals surface area contributed by atoms with E-state index < -0.39 is 0 Å². The third-order valence-electron chi connectivity index (χ3n) is 4.02. The molecule has 0 saturated heterocycles. The number of thiophene rings is 1. The fourth-order valence-electron chi connectivity index (χ4n) is 2.63. The second-order valence-corrected chi connectivity index (χ2v) is 6.89. The highest BCUT2D eigenvalue weighted by molar-refractivity contribution is 7.09. The van der Waals surface area contributed by atoms with Gasteiger partial charge in [-0.2, -0.15) is 0 Å². The molecular weight excluding hydrogens is 364 g/mol. The van der Waals surface area contributed by atoms with Crippen LogP contribution in [0.25, 0.3) is 0 Å². The van der Waals surface area contributed by atoms with Crippen LogP contribution in [0, 0.1) is 0 Å². The molecule has 3 aromatic rings.